The van der Waals surface area contributed by atoms with E-state index in [4.69, 9.17) is 15.2 Å². The number of likely N-dealkylation sites (N-methyl/N-ethyl adjacent to an activating group) is 1. The first-order chi connectivity index (χ1) is 9.82. The molecular weight excluding hydrogens is 304 g/mol. The average Bonchev–Trinajstić information content (AvgIpc) is 2.46. The summed E-state index contributed by atoms with van der Waals surface area (Å²) in [7, 11) is 4.98. The van der Waals surface area contributed by atoms with Gasteiger partial charge in [0.15, 0.2) is 11.5 Å². The van der Waals surface area contributed by atoms with Gasteiger partial charge in [0.05, 0.1) is 20.6 Å². The van der Waals surface area contributed by atoms with Gasteiger partial charge in [-0.3, -0.25) is 4.79 Å². The van der Waals surface area contributed by atoms with Crippen LogP contribution in [0.25, 0.3) is 0 Å². The molecule has 0 aliphatic carbocycles. The molecule has 0 aliphatic rings. The number of ether oxygens (including phenoxy) is 2. The summed E-state index contributed by atoms with van der Waals surface area (Å²) < 4.78 is 10.4. The lowest BCUT2D eigenvalue weighted by Crippen LogP contribution is -2.40. The Balaban J connectivity index is 0.00000441. The molecule has 22 heavy (non-hydrogen) atoms. The fourth-order valence-electron chi connectivity index (χ4n) is 2.09. The topological polar surface area (TPSA) is 64.8 Å². The zero-order chi connectivity index (χ0) is 16.0. The second-order valence-electron chi connectivity index (χ2n) is 5.98. The molecule has 0 radical (unpaired) electrons. The van der Waals surface area contributed by atoms with E-state index in [0.717, 1.165) is 5.56 Å². The fraction of sp³-hybridized carbons (Fsp3) is 0.562. The van der Waals surface area contributed by atoms with Crippen LogP contribution in [-0.4, -0.2) is 45.2 Å². The third-order valence-electron chi connectivity index (χ3n) is 3.45. The first-order valence-electron chi connectivity index (χ1n) is 6.98. The van der Waals surface area contributed by atoms with Crippen LogP contribution in [0.1, 0.15) is 19.4 Å². The number of amides is 1. The van der Waals surface area contributed by atoms with Crippen molar-refractivity contribution in [3.05, 3.63) is 23.8 Å². The normalized spacial score (nSPS) is 10.6. The van der Waals surface area contributed by atoms with Crippen LogP contribution in [0.2, 0.25) is 0 Å². The molecule has 0 saturated carbocycles. The van der Waals surface area contributed by atoms with Gasteiger partial charge in [-0.2, -0.15) is 0 Å². The van der Waals surface area contributed by atoms with Crippen LogP contribution >= 0.6 is 12.4 Å². The predicted octanol–water partition coefficient (Wildman–Crippen LogP) is 2.11. The molecule has 1 amide bonds. The van der Waals surface area contributed by atoms with Crippen LogP contribution in [-0.2, 0) is 11.2 Å². The lowest BCUT2D eigenvalue weighted by molar-refractivity contribution is -0.130. The van der Waals surface area contributed by atoms with Crippen LogP contribution in [0.15, 0.2) is 18.2 Å². The van der Waals surface area contributed by atoms with Crippen LogP contribution in [0.4, 0.5) is 0 Å². The summed E-state index contributed by atoms with van der Waals surface area (Å²) in [5, 5.41) is 0. The van der Waals surface area contributed by atoms with Crippen LogP contribution in [0.5, 0.6) is 11.5 Å². The van der Waals surface area contributed by atoms with Crippen molar-refractivity contribution in [3.63, 3.8) is 0 Å². The van der Waals surface area contributed by atoms with Crippen LogP contribution < -0.4 is 15.2 Å². The van der Waals surface area contributed by atoms with Gasteiger partial charge >= 0.3 is 0 Å². The number of nitrogens with zero attached hydrogens (tertiary/aromatic N) is 1. The van der Waals surface area contributed by atoms with E-state index in [0.29, 0.717) is 31.0 Å². The number of benzene rings is 1. The molecule has 126 valence electrons. The largest absolute Gasteiger partial charge is 0.493 e. The molecule has 6 heteroatoms. The Morgan fingerprint density at radius 2 is 1.82 bits per heavy atom. The van der Waals surface area contributed by atoms with Crippen LogP contribution in [0, 0.1) is 5.41 Å². The first kappa shape index (κ1) is 20.5. The summed E-state index contributed by atoms with van der Waals surface area (Å²) >= 11 is 0. The summed E-state index contributed by atoms with van der Waals surface area (Å²) in [4.78, 5) is 14.0. The first-order valence-corrected chi connectivity index (χ1v) is 6.98. The monoisotopic (exact) mass is 330 g/mol. The molecule has 0 aliphatic heterocycles. The van der Waals surface area contributed by atoms with Crippen molar-refractivity contribution in [2.45, 2.75) is 20.3 Å². The molecule has 0 aromatic heterocycles. The zero-order valence-corrected chi connectivity index (χ0v) is 14.8. The van der Waals surface area contributed by atoms with E-state index in [1.807, 2.05) is 32.0 Å². The number of hydrogen-bond acceptors (Lipinski definition) is 4. The molecule has 1 rings (SSSR count). The van der Waals surface area contributed by atoms with E-state index in [1.54, 1.807) is 26.2 Å². The predicted molar refractivity (Wildman–Crippen MR) is 91.0 cm³/mol. The van der Waals surface area contributed by atoms with E-state index in [1.165, 1.54) is 0 Å². The summed E-state index contributed by atoms with van der Waals surface area (Å²) in [5.74, 6) is 1.35. The zero-order valence-electron chi connectivity index (χ0n) is 14.0. The molecule has 5 nitrogen and oxygen atoms in total. The molecular formula is C16H27ClN2O3. The maximum absolute atomic E-state index is 12.3. The maximum atomic E-state index is 12.3. The molecule has 1 aromatic carbocycles. The van der Waals surface area contributed by atoms with Crippen molar-refractivity contribution in [3.8, 4) is 11.5 Å². The van der Waals surface area contributed by atoms with Gasteiger partial charge in [-0.15, -0.1) is 12.4 Å². The third-order valence-corrected chi connectivity index (χ3v) is 3.45. The van der Waals surface area contributed by atoms with Gasteiger partial charge in [0, 0.05) is 13.6 Å². The maximum Gasteiger partial charge on any atom is 0.226 e. The lowest BCUT2D eigenvalue weighted by atomic mass is 9.93. The van der Waals surface area contributed by atoms with Crippen molar-refractivity contribution in [2.75, 3.05) is 34.4 Å². The van der Waals surface area contributed by atoms with Gasteiger partial charge in [-0.05, 0) is 29.7 Å². The molecule has 0 saturated heterocycles. The standard InChI is InChI=1S/C16H26N2O3.ClH/c1-16(2,10-17)11-18(3)15(19)9-12-6-7-13(20-4)14(8-12)21-5;/h6-8H,9-11,17H2,1-5H3;1H. The number of nitrogens with two attached hydrogens (primary N) is 1. The second-order valence-corrected chi connectivity index (χ2v) is 5.98. The molecule has 0 spiro atoms. The number of halogens is 1. The van der Waals surface area contributed by atoms with Gasteiger partial charge in [0.1, 0.15) is 0 Å². The molecule has 0 heterocycles. The van der Waals surface area contributed by atoms with Gasteiger partial charge in [0.25, 0.3) is 0 Å². The lowest BCUT2D eigenvalue weighted by Gasteiger charge is -2.29. The Labute approximate surface area is 139 Å². The van der Waals surface area contributed by atoms with E-state index in [2.05, 4.69) is 0 Å². The summed E-state index contributed by atoms with van der Waals surface area (Å²) in [6, 6.07) is 5.52. The molecule has 2 N–H and O–H groups in total. The Bertz CT molecular complexity index is 492. The van der Waals surface area contributed by atoms with Gasteiger partial charge in [0.2, 0.25) is 5.91 Å². The van der Waals surface area contributed by atoms with Crippen molar-refractivity contribution < 1.29 is 14.3 Å². The fourth-order valence-corrected chi connectivity index (χ4v) is 2.09. The summed E-state index contributed by atoms with van der Waals surface area (Å²) in [6.45, 7) is 5.27. The van der Waals surface area contributed by atoms with Crippen molar-refractivity contribution in [1.82, 2.24) is 4.90 Å². The highest BCUT2D eigenvalue weighted by molar-refractivity contribution is 5.85. The SMILES string of the molecule is COc1ccc(CC(=O)N(C)CC(C)(C)CN)cc1OC.Cl. The number of rotatable bonds is 7. The molecule has 0 fully saturated rings. The average molecular weight is 331 g/mol. The quantitative estimate of drug-likeness (QED) is 0.831. The highest BCUT2D eigenvalue weighted by Gasteiger charge is 2.21. The summed E-state index contributed by atoms with van der Waals surface area (Å²) in [5.41, 5.74) is 6.53. The van der Waals surface area contributed by atoms with Gasteiger partial charge < -0.3 is 20.1 Å². The van der Waals surface area contributed by atoms with Gasteiger partial charge in [-0.1, -0.05) is 19.9 Å². The highest BCUT2D eigenvalue weighted by atomic mass is 35.5. The van der Waals surface area contributed by atoms with Gasteiger partial charge in [-0.25, -0.2) is 0 Å². The van der Waals surface area contributed by atoms with Crippen LogP contribution in [0.3, 0.4) is 0 Å². The Morgan fingerprint density at radius 3 is 2.32 bits per heavy atom. The molecule has 0 atom stereocenters. The Hall–Kier alpha value is -1.46. The minimum absolute atomic E-state index is 0. The molecule has 1 aromatic rings. The summed E-state index contributed by atoms with van der Waals surface area (Å²) in [6.07, 6.45) is 0.331. The van der Waals surface area contributed by atoms with E-state index < -0.39 is 0 Å². The van der Waals surface area contributed by atoms with Crippen molar-refractivity contribution >= 4 is 18.3 Å². The van der Waals surface area contributed by atoms with E-state index >= 15 is 0 Å². The smallest absolute Gasteiger partial charge is 0.226 e. The van der Waals surface area contributed by atoms with Crippen molar-refractivity contribution in [1.29, 1.82) is 0 Å². The molecule has 0 unspecified atom stereocenters. The Kier molecular flexibility index (Phi) is 8.27. The minimum atomic E-state index is -0.0813. The number of carbonyl (C=O) groups is 1. The highest BCUT2D eigenvalue weighted by Crippen LogP contribution is 2.27. The number of hydrogen-bond donors (Lipinski definition) is 1. The number of methoxy groups -OCH3 is 2. The van der Waals surface area contributed by atoms with E-state index in [9.17, 15) is 4.79 Å². The van der Waals surface area contributed by atoms with E-state index in [-0.39, 0.29) is 23.7 Å². The number of carbonyl (C=O) groups excluding carboxylic acids is 1. The minimum Gasteiger partial charge on any atom is -0.493 e. The van der Waals surface area contributed by atoms with Crippen molar-refractivity contribution in [2.24, 2.45) is 11.1 Å². The Morgan fingerprint density at radius 1 is 1.23 bits per heavy atom. The second kappa shape index (κ2) is 8.86. The third kappa shape index (κ3) is 5.73. The molecule has 0 bridgehead atoms.